The maximum absolute atomic E-state index is 11.6. The van der Waals surface area contributed by atoms with E-state index in [1.807, 2.05) is 0 Å². The lowest BCUT2D eigenvalue weighted by Crippen LogP contribution is -2.01. The summed E-state index contributed by atoms with van der Waals surface area (Å²) in [4.78, 5) is 25.2. The molecule has 1 aromatic carbocycles. The predicted molar refractivity (Wildman–Crippen MR) is 74.1 cm³/mol. The van der Waals surface area contributed by atoms with Gasteiger partial charge in [-0.15, -0.1) is 0 Å². The van der Waals surface area contributed by atoms with Gasteiger partial charge < -0.3 is 19.2 Å². The van der Waals surface area contributed by atoms with E-state index in [9.17, 15) is 14.9 Å². The fourth-order valence-corrected chi connectivity index (χ4v) is 2.32. The number of H-pyrrole nitrogens is 1. The monoisotopic (exact) mass is 294 g/mol. The molecule has 0 fully saturated rings. The van der Waals surface area contributed by atoms with Crippen LogP contribution in [-0.4, -0.2) is 37.2 Å². The second-order valence-corrected chi connectivity index (χ2v) is 4.26. The van der Waals surface area contributed by atoms with E-state index in [0.29, 0.717) is 16.8 Å². The second kappa shape index (κ2) is 5.31. The van der Waals surface area contributed by atoms with E-state index in [4.69, 9.17) is 9.47 Å². The highest BCUT2D eigenvalue weighted by atomic mass is 16.6. The molecule has 0 saturated heterocycles. The standard InChI is InChI=1S/C13H14N2O6/c1-6-11(19-2)9-7(5-8(14-9)13(16)21-4)10(15(17)18)12(6)20-3/h5,14H,1-4H3. The van der Waals surface area contributed by atoms with Gasteiger partial charge in [-0.3, -0.25) is 10.1 Å². The van der Waals surface area contributed by atoms with Crippen LogP contribution >= 0.6 is 0 Å². The van der Waals surface area contributed by atoms with Crippen molar-refractivity contribution < 1.29 is 23.9 Å². The van der Waals surface area contributed by atoms with E-state index < -0.39 is 10.9 Å². The Labute approximate surface area is 119 Å². The summed E-state index contributed by atoms with van der Waals surface area (Å²) in [6, 6.07) is 1.35. The van der Waals surface area contributed by atoms with Crippen LogP contribution in [0.2, 0.25) is 0 Å². The van der Waals surface area contributed by atoms with Crippen molar-refractivity contribution in [2.24, 2.45) is 0 Å². The van der Waals surface area contributed by atoms with E-state index in [2.05, 4.69) is 9.72 Å². The minimum absolute atomic E-state index is 0.0970. The average Bonchev–Trinajstić information content (AvgIpc) is 2.89. The Bertz CT molecular complexity index is 734. The predicted octanol–water partition coefficient (Wildman–Crippen LogP) is 2.19. The Morgan fingerprint density at radius 3 is 2.33 bits per heavy atom. The van der Waals surface area contributed by atoms with Crippen molar-refractivity contribution in [1.29, 1.82) is 0 Å². The lowest BCUT2D eigenvalue weighted by molar-refractivity contribution is -0.384. The van der Waals surface area contributed by atoms with Crippen LogP contribution in [0.25, 0.3) is 10.9 Å². The number of rotatable bonds is 4. The zero-order chi connectivity index (χ0) is 15.7. The Kier molecular flexibility index (Phi) is 3.70. The summed E-state index contributed by atoms with van der Waals surface area (Å²) in [7, 11) is 4.01. The number of esters is 1. The number of aromatic amines is 1. The van der Waals surface area contributed by atoms with Crippen molar-refractivity contribution in [2.75, 3.05) is 21.3 Å². The Morgan fingerprint density at radius 1 is 1.24 bits per heavy atom. The van der Waals surface area contributed by atoms with Crippen molar-refractivity contribution >= 4 is 22.6 Å². The maximum Gasteiger partial charge on any atom is 0.354 e. The molecule has 112 valence electrons. The van der Waals surface area contributed by atoms with Gasteiger partial charge in [-0.1, -0.05) is 0 Å². The molecule has 0 aliphatic rings. The first-order chi connectivity index (χ1) is 9.96. The quantitative estimate of drug-likeness (QED) is 0.526. The van der Waals surface area contributed by atoms with Crippen molar-refractivity contribution in [3.63, 3.8) is 0 Å². The van der Waals surface area contributed by atoms with Crippen molar-refractivity contribution in [2.45, 2.75) is 6.92 Å². The molecule has 0 aliphatic carbocycles. The number of fused-ring (bicyclic) bond motifs is 1. The first kappa shape index (κ1) is 14.6. The maximum atomic E-state index is 11.6. The van der Waals surface area contributed by atoms with Crippen molar-refractivity contribution in [3.8, 4) is 11.5 Å². The summed E-state index contributed by atoms with van der Waals surface area (Å²) in [5.74, 6) is -0.151. The third-order valence-electron chi connectivity index (χ3n) is 3.19. The van der Waals surface area contributed by atoms with Gasteiger partial charge in [0.2, 0.25) is 5.75 Å². The largest absolute Gasteiger partial charge is 0.494 e. The highest BCUT2D eigenvalue weighted by molar-refractivity contribution is 6.03. The summed E-state index contributed by atoms with van der Waals surface area (Å²) >= 11 is 0. The highest BCUT2D eigenvalue weighted by Gasteiger charge is 2.29. The first-order valence-corrected chi connectivity index (χ1v) is 5.96. The van der Waals surface area contributed by atoms with Gasteiger partial charge >= 0.3 is 11.7 Å². The number of carbonyl (C=O) groups is 1. The highest BCUT2D eigenvalue weighted by Crippen LogP contribution is 2.44. The summed E-state index contributed by atoms with van der Waals surface area (Å²) < 4.78 is 15.0. The number of benzene rings is 1. The Morgan fingerprint density at radius 2 is 1.86 bits per heavy atom. The molecular weight excluding hydrogens is 280 g/mol. The first-order valence-electron chi connectivity index (χ1n) is 5.96. The number of nitrogens with one attached hydrogen (secondary N) is 1. The summed E-state index contributed by atoms with van der Waals surface area (Å²) in [6.07, 6.45) is 0. The lowest BCUT2D eigenvalue weighted by Gasteiger charge is -2.11. The van der Waals surface area contributed by atoms with Crippen molar-refractivity contribution in [3.05, 3.63) is 27.4 Å². The molecule has 1 aromatic heterocycles. The van der Waals surface area contributed by atoms with Gasteiger partial charge in [0.25, 0.3) is 0 Å². The summed E-state index contributed by atoms with van der Waals surface area (Å²) in [6.45, 7) is 1.64. The molecule has 0 aliphatic heterocycles. The van der Waals surface area contributed by atoms with Crippen LogP contribution in [0.15, 0.2) is 6.07 Å². The van der Waals surface area contributed by atoms with Gasteiger partial charge in [0.15, 0.2) is 0 Å². The van der Waals surface area contributed by atoms with Crippen LogP contribution in [0.5, 0.6) is 11.5 Å². The minimum Gasteiger partial charge on any atom is -0.494 e. The average molecular weight is 294 g/mol. The molecular formula is C13H14N2O6. The molecule has 1 heterocycles. The van der Waals surface area contributed by atoms with Crippen LogP contribution < -0.4 is 9.47 Å². The fourth-order valence-electron chi connectivity index (χ4n) is 2.32. The summed E-state index contributed by atoms with van der Waals surface area (Å²) in [5, 5.41) is 11.6. The number of nitro groups is 1. The minimum atomic E-state index is -0.626. The number of aromatic nitrogens is 1. The van der Waals surface area contributed by atoms with Gasteiger partial charge in [0, 0.05) is 5.56 Å². The van der Waals surface area contributed by atoms with Gasteiger partial charge in [0.05, 0.1) is 37.2 Å². The second-order valence-electron chi connectivity index (χ2n) is 4.26. The Balaban J connectivity index is 2.93. The molecule has 0 bridgehead atoms. The number of hydrogen-bond acceptors (Lipinski definition) is 6. The number of ether oxygens (including phenoxy) is 3. The van der Waals surface area contributed by atoms with Crippen LogP contribution in [0.1, 0.15) is 16.1 Å². The number of hydrogen-bond donors (Lipinski definition) is 1. The third-order valence-corrected chi connectivity index (χ3v) is 3.19. The van der Waals surface area contributed by atoms with Gasteiger partial charge in [-0.2, -0.15) is 0 Å². The zero-order valence-corrected chi connectivity index (χ0v) is 12.0. The molecule has 2 aromatic rings. The van der Waals surface area contributed by atoms with Gasteiger partial charge in [-0.25, -0.2) is 4.79 Å². The molecule has 8 heteroatoms. The molecule has 0 saturated carbocycles. The topological polar surface area (TPSA) is 104 Å². The summed E-state index contributed by atoms with van der Waals surface area (Å²) in [5.41, 5.74) is 0.694. The van der Waals surface area contributed by atoms with E-state index in [1.54, 1.807) is 6.92 Å². The molecule has 2 rings (SSSR count). The molecule has 8 nitrogen and oxygen atoms in total. The van der Waals surface area contributed by atoms with Crippen LogP contribution in [0.4, 0.5) is 5.69 Å². The van der Waals surface area contributed by atoms with Crippen LogP contribution in [0.3, 0.4) is 0 Å². The smallest absolute Gasteiger partial charge is 0.354 e. The molecule has 0 amide bonds. The van der Waals surface area contributed by atoms with Crippen LogP contribution in [-0.2, 0) is 4.74 Å². The van der Waals surface area contributed by atoms with E-state index in [-0.39, 0.29) is 22.5 Å². The van der Waals surface area contributed by atoms with Gasteiger partial charge in [-0.05, 0) is 13.0 Å². The molecule has 0 unspecified atom stereocenters. The third kappa shape index (κ3) is 2.14. The lowest BCUT2D eigenvalue weighted by atomic mass is 10.1. The SMILES string of the molecule is COC(=O)c1cc2c([N+](=O)[O-])c(OC)c(C)c(OC)c2[nH]1. The normalized spacial score (nSPS) is 10.5. The van der Waals surface area contributed by atoms with E-state index >= 15 is 0 Å². The number of nitrogens with zero attached hydrogens (tertiary/aromatic N) is 1. The molecule has 21 heavy (non-hydrogen) atoms. The zero-order valence-electron chi connectivity index (χ0n) is 12.0. The van der Waals surface area contributed by atoms with E-state index in [0.717, 1.165) is 0 Å². The van der Waals surface area contributed by atoms with Crippen molar-refractivity contribution in [1.82, 2.24) is 4.98 Å². The number of methoxy groups -OCH3 is 3. The molecule has 0 spiro atoms. The molecule has 0 radical (unpaired) electrons. The van der Waals surface area contributed by atoms with Crippen LogP contribution in [0, 0.1) is 17.0 Å². The number of carbonyl (C=O) groups excluding carboxylic acids is 1. The van der Waals surface area contributed by atoms with Gasteiger partial charge in [0.1, 0.15) is 11.4 Å². The van der Waals surface area contributed by atoms with E-state index in [1.165, 1.54) is 27.4 Å². The molecule has 0 atom stereocenters. The Hall–Kier alpha value is -2.77. The number of nitro benzene ring substituents is 1. The molecule has 1 N–H and O–H groups in total. The fraction of sp³-hybridized carbons (Fsp3) is 0.308.